The van der Waals surface area contributed by atoms with Crippen molar-refractivity contribution in [2.75, 3.05) is 19.7 Å². The van der Waals surface area contributed by atoms with E-state index in [1.807, 2.05) is 55.5 Å². The molecule has 0 spiro atoms. The largest absolute Gasteiger partial charge is 0.490 e. The first-order chi connectivity index (χ1) is 13.7. The topological polar surface area (TPSA) is 68.0 Å². The van der Waals surface area contributed by atoms with E-state index in [0.717, 1.165) is 36.1 Å². The predicted octanol–water partition coefficient (Wildman–Crippen LogP) is 4.23. The number of ether oxygens (including phenoxy) is 1. The average Bonchev–Trinajstić information content (AvgIpc) is 3.14. The summed E-state index contributed by atoms with van der Waals surface area (Å²) in [6.07, 6.45) is 2.28. The molecule has 6 nitrogen and oxygen atoms in total. The Morgan fingerprint density at radius 1 is 1.11 bits per heavy atom. The Morgan fingerprint density at radius 3 is 2.68 bits per heavy atom. The number of aliphatic hydroxyl groups is 1. The molecule has 0 saturated carbocycles. The number of hydrogen-bond donors (Lipinski definition) is 1. The molecule has 0 amide bonds. The number of nitrogens with zero attached hydrogens (tertiary/aromatic N) is 2. The molecule has 1 heterocycles. The van der Waals surface area contributed by atoms with Crippen molar-refractivity contribution in [1.29, 1.82) is 0 Å². The van der Waals surface area contributed by atoms with Gasteiger partial charge in [0.05, 0.1) is 17.6 Å². The first kappa shape index (κ1) is 20.2. The van der Waals surface area contributed by atoms with Crippen LogP contribution in [-0.4, -0.2) is 41.1 Å². The number of hydroxylamine groups is 2. The Kier molecular flexibility index (Phi) is 7.28. The number of fused-ring (bicyclic) bond motifs is 1. The molecule has 0 fully saturated rings. The molecule has 0 aliphatic rings. The van der Waals surface area contributed by atoms with E-state index in [1.54, 1.807) is 5.06 Å². The highest BCUT2D eigenvalue weighted by atomic mass is 16.7. The van der Waals surface area contributed by atoms with Crippen LogP contribution in [0.3, 0.4) is 0 Å². The van der Waals surface area contributed by atoms with Crippen molar-refractivity contribution in [2.24, 2.45) is 0 Å². The summed E-state index contributed by atoms with van der Waals surface area (Å²) in [7, 11) is 0. The lowest BCUT2D eigenvalue weighted by molar-refractivity contribution is -0.0858. The Hall–Kier alpha value is -2.57. The van der Waals surface area contributed by atoms with Gasteiger partial charge in [-0.25, -0.2) is 0 Å². The first-order valence-electron chi connectivity index (χ1n) is 9.87. The van der Waals surface area contributed by atoms with Crippen LogP contribution in [-0.2, 0) is 6.42 Å². The maximum Gasteiger partial charge on any atom is 0.170 e. The van der Waals surface area contributed by atoms with E-state index in [1.165, 1.54) is 0 Å². The van der Waals surface area contributed by atoms with Crippen molar-refractivity contribution in [3.63, 3.8) is 0 Å². The van der Waals surface area contributed by atoms with E-state index >= 15 is 0 Å². The summed E-state index contributed by atoms with van der Waals surface area (Å²) in [6, 6.07) is 15.2. The fourth-order valence-electron chi connectivity index (χ4n) is 2.99. The van der Waals surface area contributed by atoms with Crippen LogP contribution in [0, 0.1) is 0 Å². The number of hydrogen-bond acceptors (Lipinski definition) is 6. The molecular weight excluding hydrogens is 356 g/mol. The summed E-state index contributed by atoms with van der Waals surface area (Å²) >= 11 is 0. The van der Waals surface area contributed by atoms with Gasteiger partial charge in [0.15, 0.2) is 5.58 Å². The molecule has 28 heavy (non-hydrogen) atoms. The van der Waals surface area contributed by atoms with Crippen LogP contribution in [0.15, 0.2) is 53.1 Å². The molecule has 1 N–H and O–H groups in total. The minimum atomic E-state index is -0.696. The van der Waals surface area contributed by atoms with Crippen molar-refractivity contribution in [1.82, 2.24) is 10.2 Å². The summed E-state index contributed by atoms with van der Waals surface area (Å²) in [5, 5.41) is 17.2. The van der Waals surface area contributed by atoms with Gasteiger partial charge in [0.2, 0.25) is 0 Å². The number of rotatable bonds is 11. The van der Waals surface area contributed by atoms with Crippen molar-refractivity contribution in [2.45, 2.75) is 39.2 Å². The summed E-state index contributed by atoms with van der Waals surface area (Å²) < 4.78 is 11.3. The number of likely N-dealkylation sites (N-methyl/N-ethyl adjacent to an activating group) is 1. The summed E-state index contributed by atoms with van der Waals surface area (Å²) in [5.74, 6) is 1.43. The minimum Gasteiger partial charge on any atom is -0.490 e. The molecule has 0 aliphatic heterocycles. The van der Waals surface area contributed by atoms with E-state index in [-0.39, 0.29) is 6.61 Å². The lowest BCUT2D eigenvalue weighted by atomic mass is 10.1. The minimum absolute atomic E-state index is 0.159. The van der Waals surface area contributed by atoms with Gasteiger partial charge in [0.1, 0.15) is 24.2 Å². The van der Waals surface area contributed by atoms with Gasteiger partial charge in [-0.05, 0) is 44.0 Å². The lowest BCUT2D eigenvalue weighted by Gasteiger charge is -2.23. The molecule has 2 aromatic carbocycles. The maximum atomic E-state index is 10.4. The van der Waals surface area contributed by atoms with Gasteiger partial charge >= 0.3 is 0 Å². The molecule has 3 rings (SSSR count). The zero-order chi connectivity index (χ0) is 19.8. The van der Waals surface area contributed by atoms with Crippen LogP contribution in [0.25, 0.3) is 11.0 Å². The van der Waals surface area contributed by atoms with Crippen LogP contribution < -0.4 is 9.57 Å². The Morgan fingerprint density at radius 2 is 1.93 bits per heavy atom. The highest BCUT2D eigenvalue weighted by Gasteiger charge is 2.16. The fourth-order valence-corrected chi connectivity index (χ4v) is 2.99. The molecule has 0 bridgehead atoms. The van der Waals surface area contributed by atoms with E-state index in [0.29, 0.717) is 24.4 Å². The molecular formula is C22H28N2O4. The highest BCUT2D eigenvalue weighted by molar-refractivity contribution is 5.86. The van der Waals surface area contributed by atoms with Crippen molar-refractivity contribution >= 4 is 11.0 Å². The fraction of sp³-hybridized carbons (Fsp3) is 0.409. The quantitative estimate of drug-likeness (QED) is 0.499. The van der Waals surface area contributed by atoms with Crippen LogP contribution in [0.5, 0.6) is 11.5 Å². The second-order valence-corrected chi connectivity index (χ2v) is 6.71. The molecule has 3 aromatic rings. The van der Waals surface area contributed by atoms with E-state index in [9.17, 15) is 5.11 Å². The number of unbranched alkanes of at least 4 members (excludes halogenated alkanes) is 1. The Balaban J connectivity index is 1.60. The van der Waals surface area contributed by atoms with Gasteiger partial charge in [-0.15, -0.1) is 5.06 Å². The molecule has 6 heteroatoms. The number of benzene rings is 2. The maximum absolute atomic E-state index is 10.4. The molecule has 1 aromatic heterocycles. The van der Waals surface area contributed by atoms with Crippen LogP contribution in [0.4, 0.5) is 0 Å². The van der Waals surface area contributed by atoms with Gasteiger partial charge in [0.25, 0.3) is 0 Å². The third kappa shape index (κ3) is 5.24. The second kappa shape index (κ2) is 10.1. The molecule has 150 valence electrons. The zero-order valence-corrected chi connectivity index (χ0v) is 16.5. The molecule has 1 atom stereocenters. The standard InChI is InChI=1S/C22H28N2O4/c1-3-5-12-19-22-20(13-9-14-21(22)27-23-19)26-16-17(25)15-24(4-2)28-18-10-7-6-8-11-18/h6-11,13-14,17,25H,3-5,12,15-16H2,1-2H3. The van der Waals surface area contributed by atoms with Gasteiger partial charge in [-0.3, -0.25) is 0 Å². The number of aryl methyl sites for hydroxylation is 1. The van der Waals surface area contributed by atoms with Gasteiger partial charge in [-0.1, -0.05) is 42.8 Å². The smallest absolute Gasteiger partial charge is 0.170 e. The summed E-state index contributed by atoms with van der Waals surface area (Å²) in [4.78, 5) is 5.80. The lowest BCUT2D eigenvalue weighted by Crippen LogP contribution is -2.37. The normalized spacial score (nSPS) is 12.4. The summed E-state index contributed by atoms with van der Waals surface area (Å²) in [6.45, 7) is 5.27. The predicted molar refractivity (Wildman–Crippen MR) is 108 cm³/mol. The third-order valence-electron chi connectivity index (χ3n) is 4.47. The van der Waals surface area contributed by atoms with E-state index in [4.69, 9.17) is 14.1 Å². The molecule has 0 aliphatic carbocycles. The van der Waals surface area contributed by atoms with Gasteiger partial charge in [-0.2, -0.15) is 0 Å². The SMILES string of the molecule is CCCCc1noc2cccc(OCC(O)CN(CC)Oc3ccccc3)c12. The van der Waals surface area contributed by atoms with Crippen LogP contribution >= 0.6 is 0 Å². The summed E-state index contributed by atoms with van der Waals surface area (Å²) in [5.41, 5.74) is 1.62. The highest BCUT2D eigenvalue weighted by Crippen LogP contribution is 2.30. The van der Waals surface area contributed by atoms with Gasteiger partial charge < -0.3 is 19.2 Å². The van der Waals surface area contributed by atoms with Crippen molar-refractivity contribution in [3.8, 4) is 11.5 Å². The molecule has 1 unspecified atom stereocenters. The molecule has 0 saturated heterocycles. The second-order valence-electron chi connectivity index (χ2n) is 6.71. The Bertz CT molecular complexity index is 850. The molecule has 0 radical (unpaired) electrons. The van der Waals surface area contributed by atoms with Crippen LogP contribution in [0.1, 0.15) is 32.4 Å². The first-order valence-corrected chi connectivity index (χ1v) is 9.87. The zero-order valence-electron chi connectivity index (χ0n) is 16.5. The van der Waals surface area contributed by atoms with E-state index < -0.39 is 6.10 Å². The number of aromatic nitrogens is 1. The third-order valence-corrected chi connectivity index (χ3v) is 4.47. The van der Waals surface area contributed by atoms with Crippen molar-refractivity contribution < 1.29 is 19.2 Å². The monoisotopic (exact) mass is 384 g/mol. The van der Waals surface area contributed by atoms with Crippen LogP contribution in [0.2, 0.25) is 0 Å². The number of aliphatic hydroxyl groups excluding tert-OH is 1. The average molecular weight is 384 g/mol. The number of para-hydroxylation sites is 1. The van der Waals surface area contributed by atoms with Crippen molar-refractivity contribution in [3.05, 3.63) is 54.2 Å². The van der Waals surface area contributed by atoms with E-state index in [2.05, 4.69) is 12.1 Å². The van der Waals surface area contributed by atoms with Gasteiger partial charge in [0, 0.05) is 6.54 Å². The Labute approximate surface area is 165 Å².